The Hall–Kier alpha value is -2.78. The van der Waals surface area contributed by atoms with Crippen molar-refractivity contribution < 1.29 is 19.1 Å². The highest BCUT2D eigenvalue weighted by Crippen LogP contribution is 2.20. The number of nitrogens with zero attached hydrogens (tertiary/aromatic N) is 4. The van der Waals surface area contributed by atoms with E-state index in [0.717, 1.165) is 10.2 Å². The lowest BCUT2D eigenvalue weighted by Crippen LogP contribution is -2.20. The second-order valence-corrected chi connectivity index (χ2v) is 7.61. The Morgan fingerprint density at radius 3 is 2.72 bits per heavy atom. The Morgan fingerprint density at radius 2 is 2.07 bits per heavy atom. The zero-order chi connectivity index (χ0) is 21.0. The van der Waals surface area contributed by atoms with Gasteiger partial charge in [0.05, 0.1) is 29.5 Å². The molecule has 0 aliphatic carbocycles. The lowest BCUT2D eigenvalue weighted by atomic mass is 10.2. The quantitative estimate of drug-likeness (QED) is 0.436. The van der Waals surface area contributed by atoms with E-state index in [0.29, 0.717) is 35.8 Å². The number of aromatic nitrogens is 3. The number of carbonyl (C=O) groups excluding carboxylic acids is 2. The summed E-state index contributed by atoms with van der Waals surface area (Å²) in [5.74, 6) is -0.815. The Labute approximate surface area is 172 Å². The van der Waals surface area contributed by atoms with Gasteiger partial charge >= 0.3 is 5.97 Å². The predicted octanol–water partition coefficient (Wildman–Crippen LogP) is 3.04. The van der Waals surface area contributed by atoms with Crippen LogP contribution in [-0.2, 0) is 16.0 Å². The molecule has 0 unspecified atom stereocenters. The molecular weight excluding hydrogens is 392 g/mol. The van der Waals surface area contributed by atoms with Crippen molar-refractivity contribution in [2.45, 2.75) is 33.4 Å². The number of rotatable bonds is 7. The summed E-state index contributed by atoms with van der Waals surface area (Å²) in [5, 5.41) is 4.30. The fourth-order valence-corrected chi connectivity index (χ4v) is 3.90. The molecule has 1 amide bonds. The van der Waals surface area contributed by atoms with E-state index >= 15 is 0 Å². The van der Waals surface area contributed by atoms with Gasteiger partial charge in [-0.15, -0.1) is 0 Å². The average Bonchev–Trinajstić information content (AvgIpc) is 3.33. The van der Waals surface area contributed by atoms with Gasteiger partial charge in [0.2, 0.25) is 0 Å². The predicted molar refractivity (Wildman–Crippen MR) is 110 cm³/mol. The number of hydrogen-bond donors (Lipinski definition) is 0. The van der Waals surface area contributed by atoms with Crippen LogP contribution in [0.1, 0.15) is 47.7 Å². The van der Waals surface area contributed by atoms with E-state index in [1.165, 1.54) is 18.4 Å². The molecule has 0 aliphatic heterocycles. The minimum absolute atomic E-state index is 0.161. The summed E-state index contributed by atoms with van der Waals surface area (Å²) < 4.78 is 14.8. The molecule has 9 heteroatoms. The number of amides is 1. The Morgan fingerprint density at radius 1 is 1.28 bits per heavy atom. The van der Waals surface area contributed by atoms with Gasteiger partial charge in [0.1, 0.15) is 0 Å². The van der Waals surface area contributed by atoms with Gasteiger partial charge in [-0.25, -0.2) is 4.79 Å². The number of ether oxygens (including phenoxy) is 2. The summed E-state index contributed by atoms with van der Waals surface area (Å²) in [6.45, 7) is 7.55. The van der Waals surface area contributed by atoms with Crippen LogP contribution in [0.3, 0.4) is 0 Å². The molecule has 3 aromatic rings. The molecule has 0 aliphatic rings. The molecule has 2 aromatic heterocycles. The molecule has 2 heterocycles. The number of carbonyl (C=O) groups is 2. The number of benzene rings is 1. The smallest absolute Gasteiger partial charge is 0.337 e. The maximum absolute atomic E-state index is 12.7. The van der Waals surface area contributed by atoms with Crippen molar-refractivity contribution in [3.63, 3.8) is 0 Å². The first-order chi connectivity index (χ1) is 13.9. The maximum Gasteiger partial charge on any atom is 0.337 e. The molecule has 8 nitrogen and oxygen atoms in total. The topological polar surface area (TPSA) is 87.7 Å². The van der Waals surface area contributed by atoms with Gasteiger partial charge in [-0.2, -0.15) is 10.1 Å². The zero-order valence-corrected chi connectivity index (χ0v) is 17.7. The summed E-state index contributed by atoms with van der Waals surface area (Å²) in [5.41, 5.74) is 1.62. The minimum Gasteiger partial charge on any atom is -0.465 e. The summed E-state index contributed by atoms with van der Waals surface area (Å²) in [7, 11) is 1.35. The summed E-state index contributed by atoms with van der Waals surface area (Å²) in [4.78, 5) is 29.4. The number of esters is 1. The van der Waals surface area contributed by atoms with Crippen molar-refractivity contribution >= 4 is 33.4 Å². The van der Waals surface area contributed by atoms with Crippen molar-refractivity contribution in [1.29, 1.82) is 0 Å². The van der Waals surface area contributed by atoms with Gasteiger partial charge in [-0.1, -0.05) is 11.3 Å². The largest absolute Gasteiger partial charge is 0.465 e. The van der Waals surface area contributed by atoms with Crippen molar-refractivity contribution in [3.05, 3.63) is 46.5 Å². The second-order valence-electron chi connectivity index (χ2n) is 6.60. The number of fused-ring (bicyclic) bond motifs is 1. The van der Waals surface area contributed by atoms with E-state index in [-0.39, 0.29) is 6.04 Å². The van der Waals surface area contributed by atoms with Gasteiger partial charge in [-0.3, -0.25) is 9.48 Å². The molecule has 0 saturated carbocycles. The molecule has 0 saturated heterocycles. The first-order valence-corrected chi connectivity index (χ1v) is 10.2. The van der Waals surface area contributed by atoms with Gasteiger partial charge < -0.3 is 14.0 Å². The van der Waals surface area contributed by atoms with Crippen LogP contribution in [0.4, 0.5) is 0 Å². The Bertz CT molecular complexity index is 1090. The third-order valence-electron chi connectivity index (χ3n) is 4.32. The second kappa shape index (κ2) is 9.15. The molecule has 29 heavy (non-hydrogen) atoms. The van der Waals surface area contributed by atoms with Crippen LogP contribution in [-0.4, -0.2) is 46.5 Å². The highest BCUT2D eigenvalue weighted by molar-refractivity contribution is 7.16. The van der Waals surface area contributed by atoms with E-state index < -0.39 is 11.9 Å². The SMILES string of the molecule is CCOCCn1c(=NC(=O)c2ccn(C(C)C)n2)sc2cc(C(=O)OC)ccc21. The minimum atomic E-state index is -0.408. The van der Waals surface area contributed by atoms with Crippen LogP contribution in [0.15, 0.2) is 35.5 Å². The normalized spacial score (nSPS) is 12.1. The fraction of sp³-hybridized carbons (Fsp3) is 0.400. The van der Waals surface area contributed by atoms with Crippen LogP contribution in [0.5, 0.6) is 0 Å². The van der Waals surface area contributed by atoms with Crippen LogP contribution in [0, 0.1) is 0 Å². The highest BCUT2D eigenvalue weighted by atomic mass is 32.1. The zero-order valence-electron chi connectivity index (χ0n) is 16.9. The summed E-state index contributed by atoms with van der Waals surface area (Å²) >= 11 is 1.34. The van der Waals surface area contributed by atoms with Gasteiger partial charge in [-0.05, 0) is 45.0 Å². The molecule has 0 fully saturated rings. The molecule has 3 rings (SSSR count). The number of hydrogen-bond acceptors (Lipinski definition) is 6. The van der Waals surface area contributed by atoms with Crippen LogP contribution in [0.25, 0.3) is 10.2 Å². The van der Waals surface area contributed by atoms with Crippen molar-refractivity contribution in [2.24, 2.45) is 4.99 Å². The molecule has 0 bridgehead atoms. The summed E-state index contributed by atoms with van der Waals surface area (Å²) in [6, 6.07) is 7.11. The lowest BCUT2D eigenvalue weighted by molar-refractivity contribution is 0.0600. The standard InChI is InChI=1S/C20H24N4O4S/c1-5-28-11-10-23-16-7-6-14(19(26)27-4)12-17(16)29-20(23)21-18(25)15-8-9-24(22-15)13(2)3/h6-9,12-13H,5,10-11H2,1-4H3. The molecule has 1 aromatic carbocycles. The molecule has 154 valence electrons. The van der Waals surface area contributed by atoms with Crippen molar-refractivity contribution in [3.8, 4) is 0 Å². The number of methoxy groups -OCH3 is 1. The number of thiazole rings is 1. The molecule has 0 N–H and O–H groups in total. The van der Waals surface area contributed by atoms with Crippen LogP contribution >= 0.6 is 11.3 Å². The Balaban J connectivity index is 2.05. The molecule has 0 radical (unpaired) electrons. The summed E-state index contributed by atoms with van der Waals surface area (Å²) in [6.07, 6.45) is 1.77. The molecule has 0 spiro atoms. The van der Waals surface area contributed by atoms with E-state index in [1.54, 1.807) is 29.1 Å². The van der Waals surface area contributed by atoms with Crippen LogP contribution in [0.2, 0.25) is 0 Å². The maximum atomic E-state index is 12.7. The van der Waals surface area contributed by atoms with Gasteiger partial charge in [0.25, 0.3) is 5.91 Å². The first-order valence-electron chi connectivity index (χ1n) is 9.38. The van der Waals surface area contributed by atoms with E-state index in [2.05, 4.69) is 10.1 Å². The van der Waals surface area contributed by atoms with Crippen LogP contribution < -0.4 is 4.80 Å². The molecular formula is C20H24N4O4S. The van der Waals surface area contributed by atoms with E-state index in [1.807, 2.05) is 31.4 Å². The van der Waals surface area contributed by atoms with Gasteiger partial charge in [0.15, 0.2) is 10.5 Å². The third-order valence-corrected chi connectivity index (χ3v) is 5.36. The monoisotopic (exact) mass is 416 g/mol. The average molecular weight is 417 g/mol. The highest BCUT2D eigenvalue weighted by Gasteiger charge is 2.14. The third kappa shape index (κ3) is 4.63. The molecule has 0 atom stereocenters. The first kappa shape index (κ1) is 20.9. The fourth-order valence-electron chi connectivity index (χ4n) is 2.80. The van der Waals surface area contributed by atoms with Crippen molar-refractivity contribution in [2.75, 3.05) is 20.3 Å². The van der Waals surface area contributed by atoms with Crippen molar-refractivity contribution in [1.82, 2.24) is 14.3 Å². The lowest BCUT2D eigenvalue weighted by Gasteiger charge is -2.06. The van der Waals surface area contributed by atoms with Gasteiger partial charge in [0, 0.05) is 25.4 Å². The van der Waals surface area contributed by atoms with E-state index in [4.69, 9.17) is 9.47 Å². The van der Waals surface area contributed by atoms with E-state index in [9.17, 15) is 9.59 Å². The Kier molecular flexibility index (Phi) is 6.60.